The molecule has 4 rings (SSSR count). The van der Waals surface area contributed by atoms with Crippen molar-refractivity contribution >= 4 is 11.9 Å². The monoisotopic (exact) mass is 529 g/mol. The van der Waals surface area contributed by atoms with Gasteiger partial charge in [0.15, 0.2) is 11.5 Å². The predicted molar refractivity (Wildman–Crippen MR) is 140 cm³/mol. The normalized spacial score (nSPS) is 20.6. The fraction of sp³-hybridized carbons (Fsp3) is 0.593. The second-order valence-electron chi connectivity index (χ2n) is 9.94. The van der Waals surface area contributed by atoms with E-state index in [1.54, 1.807) is 18.2 Å². The quantitative estimate of drug-likeness (QED) is 0.399. The van der Waals surface area contributed by atoms with Gasteiger partial charge in [-0.2, -0.15) is 0 Å². The number of ether oxygens (including phenoxy) is 3. The highest BCUT2D eigenvalue weighted by Crippen LogP contribution is 2.47. The molecule has 3 N–H and O–H groups in total. The standard InChI is InChI=1S/C27H39N5O6/c1-4-5-10-31(11-8-28)24(33)16-32-15-19(18-13-21(36-3)26-22(14-18)37-17-38-26)25(27(34)35)20(32)6-7-23-29-9-12-30(23)2/h9,12-14,19-20,25H,4-8,10-11,15-17,28H2,1-3H3,(H,34,35). The molecule has 11 nitrogen and oxygen atoms in total. The molecule has 1 amide bonds. The van der Waals surface area contributed by atoms with Crippen LogP contribution in [0.2, 0.25) is 0 Å². The van der Waals surface area contributed by atoms with Gasteiger partial charge in [-0.25, -0.2) is 4.98 Å². The number of carbonyl (C=O) groups is 2. The summed E-state index contributed by atoms with van der Waals surface area (Å²) in [5.74, 6) is 0.424. The average Bonchev–Trinajstić information content (AvgIpc) is 3.63. The Hall–Kier alpha value is -3.31. The van der Waals surface area contributed by atoms with E-state index in [-0.39, 0.29) is 31.2 Å². The molecule has 0 radical (unpaired) electrons. The summed E-state index contributed by atoms with van der Waals surface area (Å²) >= 11 is 0. The lowest BCUT2D eigenvalue weighted by atomic mass is 9.83. The van der Waals surface area contributed by atoms with Gasteiger partial charge in [-0.05, 0) is 30.5 Å². The summed E-state index contributed by atoms with van der Waals surface area (Å²) in [5, 5.41) is 10.5. The number of aromatic nitrogens is 2. The maximum Gasteiger partial charge on any atom is 0.308 e. The number of likely N-dealkylation sites (tertiary alicyclic amines) is 1. The van der Waals surface area contributed by atoms with Crippen LogP contribution in [0.1, 0.15) is 43.5 Å². The van der Waals surface area contributed by atoms with E-state index in [0.29, 0.717) is 56.3 Å². The molecule has 2 aliphatic heterocycles. The molecule has 1 aromatic heterocycles. The SMILES string of the molecule is CCCCN(CCN)C(=O)CN1CC(c2cc(OC)c3c(c2)OCO3)C(C(=O)O)C1CCc1nccn1C. The number of benzene rings is 1. The van der Waals surface area contributed by atoms with Crippen molar-refractivity contribution in [2.45, 2.75) is 44.6 Å². The van der Waals surface area contributed by atoms with Gasteiger partial charge in [0.1, 0.15) is 5.82 Å². The molecule has 1 saturated heterocycles. The Morgan fingerprint density at radius 3 is 2.76 bits per heavy atom. The number of aliphatic carboxylic acids is 1. The first-order valence-corrected chi connectivity index (χ1v) is 13.3. The lowest BCUT2D eigenvalue weighted by Gasteiger charge is -2.29. The van der Waals surface area contributed by atoms with Crippen LogP contribution in [-0.4, -0.2) is 89.0 Å². The summed E-state index contributed by atoms with van der Waals surface area (Å²) in [4.78, 5) is 34.4. The van der Waals surface area contributed by atoms with Gasteiger partial charge >= 0.3 is 5.97 Å². The topological polar surface area (TPSA) is 132 Å². The first-order chi connectivity index (χ1) is 18.4. The third-order valence-electron chi connectivity index (χ3n) is 7.60. The van der Waals surface area contributed by atoms with Gasteiger partial charge in [-0.3, -0.25) is 14.5 Å². The van der Waals surface area contributed by atoms with Crippen molar-refractivity contribution in [2.24, 2.45) is 18.7 Å². The zero-order valence-electron chi connectivity index (χ0n) is 22.5. The van der Waals surface area contributed by atoms with Gasteiger partial charge < -0.3 is 34.5 Å². The summed E-state index contributed by atoms with van der Waals surface area (Å²) < 4.78 is 18.6. The number of methoxy groups -OCH3 is 1. The molecule has 11 heteroatoms. The highest BCUT2D eigenvalue weighted by atomic mass is 16.7. The maximum atomic E-state index is 13.4. The molecule has 3 unspecified atom stereocenters. The van der Waals surface area contributed by atoms with Crippen LogP contribution in [0.3, 0.4) is 0 Å². The lowest BCUT2D eigenvalue weighted by Crippen LogP contribution is -2.45. The Kier molecular flexibility index (Phi) is 9.11. The summed E-state index contributed by atoms with van der Waals surface area (Å²) in [6.07, 6.45) is 6.63. The number of amides is 1. The first-order valence-electron chi connectivity index (χ1n) is 13.3. The van der Waals surface area contributed by atoms with E-state index < -0.39 is 11.9 Å². The van der Waals surface area contributed by atoms with Crippen LogP contribution in [0.5, 0.6) is 17.2 Å². The Balaban J connectivity index is 1.65. The molecule has 3 heterocycles. The number of carboxylic acids is 1. The number of imidazole rings is 1. The highest BCUT2D eigenvalue weighted by Gasteiger charge is 2.47. The minimum atomic E-state index is -0.892. The number of fused-ring (bicyclic) bond motifs is 1. The number of unbranched alkanes of at least 4 members (excludes halogenated alkanes) is 1. The largest absolute Gasteiger partial charge is 0.493 e. The number of carbonyl (C=O) groups excluding carboxylic acids is 1. The van der Waals surface area contributed by atoms with Crippen molar-refractivity contribution in [3.8, 4) is 17.2 Å². The molecule has 1 aromatic carbocycles. The van der Waals surface area contributed by atoms with Crippen LogP contribution in [0.15, 0.2) is 24.5 Å². The smallest absolute Gasteiger partial charge is 0.308 e. The molecule has 208 valence electrons. The van der Waals surface area contributed by atoms with Gasteiger partial charge in [-0.1, -0.05) is 13.3 Å². The van der Waals surface area contributed by atoms with E-state index >= 15 is 0 Å². The van der Waals surface area contributed by atoms with E-state index in [0.717, 1.165) is 24.2 Å². The fourth-order valence-electron chi connectivity index (χ4n) is 5.61. The van der Waals surface area contributed by atoms with Gasteiger partial charge in [-0.15, -0.1) is 0 Å². The zero-order valence-corrected chi connectivity index (χ0v) is 22.5. The molecule has 2 aromatic rings. The van der Waals surface area contributed by atoms with Crippen molar-refractivity contribution in [2.75, 3.05) is 46.6 Å². The number of nitrogens with two attached hydrogens (primary N) is 1. The molecule has 2 aliphatic rings. The molecule has 0 saturated carbocycles. The van der Waals surface area contributed by atoms with Crippen LogP contribution in [0, 0.1) is 5.92 Å². The minimum absolute atomic E-state index is 0.0288. The van der Waals surface area contributed by atoms with Crippen LogP contribution < -0.4 is 19.9 Å². The van der Waals surface area contributed by atoms with Crippen LogP contribution in [0.25, 0.3) is 0 Å². The van der Waals surface area contributed by atoms with Crippen molar-refractivity contribution < 1.29 is 28.9 Å². The van der Waals surface area contributed by atoms with E-state index in [9.17, 15) is 14.7 Å². The highest BCUT2D eigenvalue weighted by molar-refractivity contribution is 5.79. The van der Waals surface area contributed by atoms with Gasteiger partial charge in [0.25, 0.3) is 0 Å². The first kappa shape index (κ1) is 27.7. The molecule has 38 heavy (non-hydrogen) atoms. The van der Waals surface area contributed by atoms with Gasteiger partial charge in [0, 0.05) is 64.0 Å². The molecular weight excluding hydrogens is 490 g/mol. The van der Waals surface area contributed by atoms with Crippen molar-refractivity contribution in [3.05, 3.63) is 35.9 Å². The van der Waals surface area contributed by atoms with Crippen LogP contribution >= 0.6 is 0 Å². The van der Waals surface area contributed by atoms with Crippen LogP contribution in [-0.2, 0) is 23.1 Å². The lowest BCUT2D eigenvalue weighted by molar-refractivity contribution is -0.143. The van der Waals surface area contributed by atoms with Crippen molar-refractivity contribution in [1.82, 2.24) is 19.4 Å². The van der Waals surface area contributed by atoms with E-state index in [4.69, 9.17) is 19.9 Å². The number of hydrogen-bond acceptors (Lipinski definition) is 8. The minimum Gasteiger partial charge on any atom is -0.493 e. The third-order valence-corrected chi connectivity index (χ3v) is 7.60. The van der Waals surface area contributed by atoms with E-state index in [1.165, 1.54) is 0 Å². The van der Waals surface area contributed by atoms with Gasteiger partial charge in [0.2, 0.25) is 18.4 Å². The van der Waals surface area contributed by atoms with Crippen LogP contribution in [0.4, 0.5) is 0 Å². The Bertz CT molecular complexity index is 1120. The summed E-state index contributed by atoms with van der Waals surface area (Å²) in [6, 6.07) is 3.31. The zero-order chi connectivity index (χ0) is 27.2. The van der Waals surface area contributed by atoms with Crippen molar-refractivity contribution in [3.63, 3.8) is 0 Å². The maximum absolute atomic E-state index is 13.4. The second kappa shape index (κ2) is 12.5. The summed E-state index contributed by atoms with van der Waals surface area (Å²) in [7, 11) is 3.47. The van der Waals surface area contributed by atoms with Crippen molar-refractivity contribution in [1.29, 1.82) is 0 Å². The Morgan fingerprint density at radius 2 is 2.11 bits per heavy atom. The second-order valence-corrected chi connectivity index (χ2v) is 9.94. The molecule has 0 spiro atoms. The molecule has 1 fully saturated rings. The Morgan fingerprint density at radius 1 is 1.29 bits per heavy atom. The number of nitrogens with zero attached hydrogens (tertiary/aromatic N) is 4. The average molecular weight is 530 g/mol. The molecule has 0 aliphatic carbocycles. The van der Waals surface area contributed by atoms with E-state index in [1.807, 2.05) is 34.8 Å². The number of hydrogen-bond donors (Lipinski definition) is 2. The third kappa shape index (κ3) is 5.88. The summed E-state index contributed by atoms with van der Waals surface area (Å²) in [6.45, 7) is 4.23. The number of carboxylic acid groups (broad SMARTS) is 1. The van der Waals surface area contributed by atoms with Gasteiger partial charge in [0.05, 0.1) is 19.6 Å². The Labute approximate surface area is 223 Å². The molecular formula is C27H39N5O6. The predicted octanol–water partition coefficient (Wildman–Crippen LogP) is 1.85. The summed E-state index contributed by atoms with van der Waals surface area (Å²) in [5.41, 5.74) is 6.59. The number of rotatable bonds is 13. The number of aryl methyl sites for hydroxylation is 2. The fourth-order valence-corrected chi connectivity index (χ4v) is 5.61. The molecule has 3 atom stereocenters. The molecule has 0 bridgehead atoms. The van der Waals surface area contributed by atoms with E-state index in [2.05, 4.69) is 11.9 Å².